The highest BCUT2D eigenvalue weighted by Crippen LogP contribution is 2.27. The van der Waals surface area contributed by atoms with Gasteiger partial charge in [-0.05, 0) is 31.1 Å². The van der Waals surface area contributed by atoms with E-state index >= 15 is 0 Å². The number of nitrogens with zero attached hydrogens (tertiary/aromatic N) is 2. The number of rotatable bonds is 1. The summed E-state index contributed by atoms with van der Waals surface area (Å²) >= 11 is 0. The molecule has 3 atom stereocenters. The monoisotopic (exact) mass is 308 g/mol. The van der Waals surface area contributed by atoms with Crippen molar-refractivity contribution >= 4 is 11.8 Å². The minimum absolute atomic E-state index is 0.00227. The zero-order valence-electron chi connectivity index (χ0n) is 14.9. The Labute approximate surface area is 135 Å². The van der Waals surface area contributed by atoms with Crippen molar-refractivity contribution in [3.05, 3.63) is 0 Å². The van der Waals surface area contributed by atoms with Gasteiger partial charge in [-0.2, -0.15) is 0 Å². The van der Waals surface area contributed by atoms with Gasteiger partial charge in [0.1, 0.15) is 0 Å². The largest absolute Gasteiger partial charge is 0.342 e. The lowest BCUT2D eigenvalue weighted by atomic mass is 9.88. The van der Waals surface area contributed by atoms with Gasteiger partial charge in [-0.15, -0.1) is 0 Å². The van der Waals surface area contributed by atoms with Gasteiger partial charge in [0.05, 0.1) is 5.92 Å². The van der Waals surface area contributed by atoms with E-state index in [1.54, 1.807) is 0 Å². The van der Waals surface area contributed by atoms with E-state index in [4.69, 9.17) is 0 Å². The summed E-state index contributed by atoms with van der Waals surface area (Å²) in [5, 5.41) is 0. The molecule has 2 saturated heterocycles. The first-order chi connectivity index (χ1) is 10.2. The molecule has 0 aromatic rings. The first-order valence-corrected chi connectivity index (χ1v) is 8.76. The van der Waals surface area contributed by atoms with Crippen LogP contribution in [-0.4, -0.2) is 47.8 Å². The van der Waals surface area contributed by atoms with Gasteiger partial charge in [0.15, 0.2) is 0 Å². The van der Waals surface area contributed by atoms with E-state index in [2.05, 4.69) is 18.7 Å². The fourth-order valence-corrected chi connectivity index (χ4v) is 3.94. The Kier molecular flexibility index (Phi) is 5.18. The zero-order chi connectivity index (χ0) is 16.5. The predicted molar refractivity (Wildman–Crippen MR) is 88.3 cm³/mol. The lowest BCUT2D eigenvalue weighted by molar-refractivity contribution is -0.146. The maximum Gasteiger partial charge on any atom is 0.227 e. The SMILES string of the molecule is C[C@@H]1C[C@H](C)CN(C(=O)[C@H]2CCCN(C(=O)C(C)(C)C)C2)C1. The lowest BCUT2D eigenvalue weighted by Gasteiger charge is -2.40. The average molecular weight is 308 g/mol. The molecule has 22 heavy (non-hydrogen) atoms. The molecule has 0 N–H and O–H groups in total. The molecule has 2 heterocycles. The summed E-state index contributed by atoms with van der Waals surface area (Å²) in [6.45, 7) is 13.5. The van der Waals surface area contributed by atoms with E-state index in [0.29, 0.717) is 18.4 Å². The Hall–Kier alpha value is -1.06. The van der Waals surface area contributed by atoms with Crippen LogP contribution in [0.2, 0.25) is 0 Å². The van der Waals surface area contributed by atoms with Gasteiger partial charge in [-0.25, -0.2) is 0 Å². The number of hydrogen-bond donors (Lipinski definition) is 0. The third-order valence-corrected chi connectivity index (χ3v) is 4.88. The molecule has 0 bridgehead atoms. The van der Waals surface area contributed by atoms with Crippen LogP contribution in [-0.2, 0) is 9.59 Å². The van der Waals surface area contributed by atoms with Gasteiger partial charge >= 0.3 is 0 Å². The van der Waals surface area contributed by atoms with Gasteiger partial charge in [0.2, 0.25) is 11.8 Å². The topological polar surface area (TPSA) is 40.6 Å². The summed E-state index contributed by atoms with van der Waals surface area (Å²) in [4.78, 5) is 29.3. The molecule has 0 spiro atoms. The first kappa shape index (κ1) is 17.3. The van der Waals surface area contributed by atoms with Gasteiger partial charge in [0.25, 0.3) is 0 Å². The van der Waals surface area contributed by atoms with E-state index in [1.807, 2.05) is 25.7 Å². The maximum atomic E-state index is 12.9. The molecule has 2 aliphatic heterocycles. The van der Waals surface area contributed by atoms with Gasteiger partial charge < -0.3 is 9.80 Å². The third-order valence-electron chi connectivity index (χ3n) is 4.88. The van der Waals surface area contributed by atoms with Crippen molar-refractivity contribution in [2.24, 2.45) is 23.2 Å². The summed E-state index contributed by atoms with van der Waals surface area (Å²) in [6, 6.07) is 0. The lowest BCUT2D eigenvalue weighted by Crippen LogP contribution is -2.51. The number of carbonyl (C=O) groups excluding carboxylic acids is 2. The van der Waals surface area contributed by atoms with E-state index < -0.39 is 0 Å². The Morgan fingerprint density at radius 1 is 0.955 bits per heavy atom. The van der Waals surface area contributed by atoms with Crippen LogP contribution < -0.4 is 0 Å². The van der Waals surface area contributed by atoms with Crippen LogP contribution in [0.4, 0.5) is 0 Å². The van der Waals surface area contributed by atoms with Gasteiger partial charge in [-0.1, -0.05) is 34.6 Å². The van der Waals surface area contributed by atoms with E-state index in [1.165, 1.54) is 6.42 Å². The zero-order valence-corrected chi connectivity index (χ0v) is 14.9. The molecular weight excluding hydrogens is 276 g/mol. The molecule has 0 aromatic carbocycles. The summed E-state index contributed by atoms with van der Waals surface area (Å²) in [5.74, 6) is 1.61. The predicted octanol–water partition coefficient (Wildman–Crippen LogP) is 2.78. The Morgan fingerprint density at radius 2 is 1.55 bits per heavy atom. The molecule has 0 unspecified atom stereocenters. The number of piperidine rings is 2. The average Bonchev–Trinajstić information content (AvgIpc) is 2.43. The number of carbonyl (C=O) groups is 2. The van der Waals surface area contributed by atoms with E-state index in [9.17, 15) is 9.59 Å². The fourth-order valence-electron chi connectivity index (χ4n) is 3.94. The summed E-state index contributed by atoms with van der Waals surface area (Å²) in [5.41, 5.74) is -0.362. The number of hydrogen-bond acceptors (Lipinski definition) is 2. The van der Waals surface area contributed by atoms with Crippen molar-refractivity contribution in [2.45, 2.75) is 53.9 Å². The molecule has 0 radical (unpaired) electrons. The Bertz CT molecular complexity index is 417. The second-order valence-electron chi connectivity index (χ2n) is 8.53. The fraction of sp³-hybridized carbons (Fsp3) is 0.889. The van der Waals surface area contributed by atoms with Crippen LogP contribution in [0.3, 0.4) is 0 Å². The highest BCUT2D eigenvalue weighted by Gasteiger charge is 2.36. The molecule has 2 aliphatic rings. The molecule has 0 aliphatic carbocycles. The quantitative estimate of drug-likeness (QED) is 0.747. The van der Waals surface area contributed by atoms with Gasteiger partial charge in [-0.3, -0.25) is 9.59 Å². The van der Waals surface area contributed by atoms with Gasteiger partial charge in [0, 0.05) is 31.6 Å². The van der Waals surface area contributed by atoms with Crippen molar-refractivity contribution in [2.75, 3.05) is 26.2 Å². The summed E-state index contributed by atoms with van der Waals surface area (Å²) < 4.78 is 0. The molecule has 4 heteroatoms. The summed E-state index contributed by atoms with van der Waals surface area (Å²) in [6.07, 6.45) is 3.08. The minimum atomic E-state index is -0.362. The first-order valence-electron chi connectivity index (χ1n) is 8.76. The Balaban J connectivity index is 2.00. The second-order valence-corrected chi connectivity index (χ2v) is 8.53. The van der Waals surface area contributed by atoms with Crippen molar-refractivity contribution in [3.8, 4) is 0 Å². The highest BCUT2D eigenvalue weighted by molar-refractivity contribution is 5.84. The van der Waals surface area contributed by atoms with Crippen LogP contribution >= 0.6 is 0 Å². The van der Waals surface area contributed by atoms with Crippen LogP contribution in [0.15, 0.2) is 0 Å². The second kappa shape index (κ2) is 6.59. The molecule has 126 valence electrons. The van der Waals surface area contributed by atoms with E-state index in [-0.39, 0.29) is 23.1 Å². The molecule has 2 fully saturated rings. The van der Waals surface area contributed by atoms with Crippen LogP contribution in [0.1, 0.15) is 53.9 Å². The standard InChI is InChI=1S/C18H32N2O2/c1-13-9-14(2)11-20(10-13)16(21)15-7-6-8-19(12-15)17(22)18(3,4)5/h13-15H,6-12H2,1-5H3/t13-,14+,15-/m0/s1. The summed E-state index contributed by atoms with van der Waals surface area (Å²) in [7, 11) is 0. The molecule has 2 amide bonds. The Morgan fingerprint density at radius 3 is 2.09 bits per heavy atom. The highest BCUT2D eigenvalue weighted by atomic mass is 16.2. The van der Waals surface area contributed by atoms with Crippen molar-refractivity contribution in [1.82, 2.24) is 9.80 Å². The molecular formula is C18H32N2O2. The van der Waals surface area contributed by atoms with Crippen molar-refractivity contribution < 1.29 is 9.59 Å². The van der Waals surface area contributed by atoms with Crippen molar-refractivity contribution in [1.29, 1.82) is 0 Å². The van der Waals surface area contributed by atoms with Crippen LogP contribution in [0.5, 0.6) is 0 Å². The van der Waals surface area contributed by atoms with Crippen molar-refractivity contribution in [3.63, 3.8) is 0 Å². The number of amides is 2. The van der Waals surface area contributed by atoms with Crippen LogP contribution in [0.25, 0.3) is 0 Å². The maximum absolute atomic E-state index is 12.9. The smallest absolute Gasteiger partial charge is 0.227 e. The van der Waals surface area contributed by atoms with E-state index in [0.717, 1.165) is 32.5 Å². The minimum Gasteiger partial charge on any atom is -0.342 e. The molecule has 4 nitrogen and oxygen atoms in total. The molecule has 2 rings (SSSR count). The molecule has 0 saturated carbocycles. The number of likely N-dealkylation sites (tertiary alicyclic amines) is 2. The third kappa shape index (κ3) is 4.02. The normalized spacial score (nSPS) is 30.3. The molecule has 0 aromatic heterocycles. The van der Waals surface area contributed by atoms with Crippen LogP contribution in [0, 0.1) is 23.2 Å².